The van der Waals surface area contributed by atoms with Crippen molar-refractivity contribution in [2.75, 3.05) is 18.9 Å². The number of hydrogen-bond acceptors (Lipinski definition) is 3. The van der Waals surface area contributed by atoms with E-state index >= 15 is 0 Å². The number of anilines is 1. The SMILES string of the molecule is CN(C=O)Cc1ccc(C2Nc3cc(F)cc4c3C2CCNC4=O)cc1. The minimum atomic E-state index is -0.407. The van der Waals surface area contributed by atoms with Crippen LogP contribution in [-0.2, 0) is 11.3 Å². The molecule has 2 amide bonds. The first-order chi connectivity index (χ1) is 12.6. The van der Waals surface area contributed by atoms with Gasteiger partial charge in [-0.3, -0.25) is 9.59 Å². The number of nitrogens with zero attached hydrogens (tertiary/aromatic N) is 1. The zero-order chi connectivity index (χ0) is 18.3. The number of rotatable bonds is 4. The third-order valence-corrected chi connectivity index (χ3v) is 5.17. The standard InChI is InChI=1S/C20H20FN3O2/c1-24(11-25)10-12-2-4-13(5-3-12)19-15-6-7-22-20(26)16-8-14(21)9-17(23-19)18(15)16/h2-5,8-9,11,15,19,23H,6-7,10H2,1H3,(H,22,26). The molecule has 4 rings (SSSR count). The Morgan fingerprint density at radius 3 is 2.77 bits per heavy atom. The maximum atomic E-state index is 14.0. The van der Waals surface area contributed by atoms with Crippen molar-refractivity contribution in [2.45, 2.75) is 24.9 Å². The smallest absolute Gasteiger partial charge is 0.251 e. The van der Waals surface area contributed by atoms with Crippen molar-refractivity contribution >= 4 is 18.0 Å². The van der Waals surface area contributed by atoms with Gasteiger partial charge in [0.1, 0.15) is 5.82 Å². The summed E-state index contributed by atoms with van der Waals surface area (Å²) < 4.78 is 14.0. The third kappa shape index (κ3) is 2.81. The zero-order valence-electron chi connectivity index (χ0n) is 14.5. The van der Waals surface area contributed by atoms with Gasteiger partial charge in [-0.05, 0) is 35.2 Å². The summed E-state index contributed by atoms with van der Waals surface area (Å²) in [6.07, 6.45) is 1.60. The van der Waals surface area contributed by atoms with Crippen molar-refractivity contribution < 1.29 is 14.0 Å². The Kier molecular flexibility index (Phi) is 4.11. The van der Waals surface area contributed by atoms with Crippen LogP contribution in [0, 0.1) is 5.82 Å². The molecule has 2 unspecified atom stereocenters. The maximum Gasteiger partial charge on any atom is 0.251 e. The molecule has 26 heavy (non-hydrogen) atoms. The summed E-state index contributed by atoms with van der Waals surface area (Å²) in [7, 11) is 1.74. The highest BCUT2D eigenvalue weighted by Gasteiger charge is 2.38. The van der Waals surface area contributed by atoms with E-state index in [0.29, 0.717) is 24.3 Å². The van der Waals surface area contributed by atoms with Crippen LogP contribution in [0.2, 0.25) is 0 Å². The number of carbonyl (C=O) groups excluding carboxylic acids is 2. The lowest BCUT2D eigenvalue weighted by Crippen LogP contribution is -2.23. The van der Waals surface area contributed by atoms with Gasteiger partial charge in [0.2, 0.25) is 6.41 Å². The second-order valence-electron chi connectivity index (χ2n) is 6.95. The van der Waals surface area contributed by atoms with Gasteiger partial charge < -0.3 is 15.5 Å². The largest absolute Gasteiger partial charge is 0.377 e. The van der Waals surface area contributed by atoms with Crippen LogP contribution in [0.4, 0.5) is 10.1 Å². The second kappa shape index (κ2) is 6.44. The molecule has 2 aliphatic rings. The van der Waals surface area contributed by atoms with Crippen LogP contribution < -0.4 is 10.6 Å². The molecule has 2 heterocycles. The summed E-state index contributed by atoms with van der Waals surface area (Å²) in [6, 6.07) is 10.9. The van der Waals surface area contributed by atoms with Gasteiger partial charge in [0.25, 0.3) is 5.91 Å². The molecule has 0 spiro atoms. The van der Waals surface area contributed by atoms with Crippen LogP contribution in [-0.4, -0.2) is 30.8 Å². The summed E-state index contributed by atoms with van der Waals surface area (Å²) in [5.41, 5.74) is 4.18. The minimum Gasteiger partial charge on any atom is -0.377 e. The van der Waals surface area contributed by atoms with E-state index in [-0.39, 0.29) is 17.9 Å². The van der Waals surface area contributed by atoms with Crippen molar-refractivity contribution in [1.29, 1.82) is 0 Å². The van der Waals surface area contributed by atoms with E-state index in [4.69, 9.17) is 0 Å². The summed E-state index contributed by atoms with van der Waals surface area (Å²) in [5.74, 6) is -0.504. The molecule has 0 aromatic heterocycles. The molecule has 134 valence electrons. The predicted molar refractivity (Wildman–Crippen MR) is 96.4 cm³/mol. The Labute approximate surface area is 151 Å². The van der Waals surface area contributed by atoms with Gasteiger partial charge in [-0.15, -0.1) is 0 Å². The summed E-state index contributed by atoms with van der Waals surface area (Å²) in [5, 5.41) is 6.26. The lowest BCUT2D eigenvalue weighted by molar-refractivity contribution is -0.117. The van der Waals surface area contributed by atoms with Crippen LogP contribution >= 0.6 is 0 Å². The van der Waals surface area contributed by atoms with Gasteiger partial charge in [-0.1, -0.05) is 24.3 Å². The van der Waals surface area contributed by atoms with Crippen molar-refractivity contribution in [2.24, 2.45) is 0 Å². The molecule has 6 heteroatoms. The van der Waals surface area contributed by atoms with Crippen molar-refractivity contribution in [3.8, 4) is 0 Å². The molecule has 2 N–H and O–H groups in total. The molecule has 0 aliphatic carbocycles. The monoisotopic (exact) mass is 353 g/mol. The van der Waals surface area contributed by atoms with E-state index in [0.717, 1.165) is 29.5 Å². The molecule has 2 aromatic carbocycles. The first-order valence-corrected chi connectivity index (χ1v) is 8.69. The van der Waals surface area contributed by atoms with E-state index in [9.17, 15) is 14.0 Å². The Bertz CT molecular complexity index is 866. The fraction of sp³-hybridized carbons (Fsp3) is 0.300. The molecular formula is C20H20FN3O2. The first-order valence-electron chi connectivity index (χ1n) is 8.69. The molecule has 5 nitrogen and oxygen atoms in total. The van der Waals surface area contributed by atoms with Gasteiger partial charge in [-0.25, -0.2) is 4.39 Å². The Hall–Kier alpha value is -2.89. The van der Waals surface area contributed by atoms with Crippen molar-refractivity contribution in [3.05, 3.63) is 64.5 Å². The quantitative estimate of drug-likeness (QED) is 0.831. The van der Waals surface area contributed by atoms with Crippen molar-refractivity contribution in [1.82, 2.24) is 10.2 Å². The number of carbonyl (C=O) groups is 2. The first kappa shape index (κ1) is 16.6. The Balaban J connectivity index is 1.67. The van der Waals surface area contributed by atoms with Gasteiger partial charge in [0.15, 0.2) is 0 Å². The van der Waals surface area contributed by atoms with Gasteiger partial charge >= 0.3 is 0 Å². The molecule has 2 aliphatic heterocycles. The summed E-state index contributed by atoms with van der Waals surface area (Å²) >= 11 is 0. The van der Waals surface area contributed by atoms with Gasteiger partial charge in [0, 0.05) is 37.3 Å². The fourth-order valence-electron chi connectivity index (χ4n) is 3.98. The molecule has 0 saturated carbocycles. The summed E-state index contributed by atoms with van der Waals surface area (Å²) in [6.45, 7) is 1.12. The zero-order valence-corrected chi connectivity index (χ0v) is 14.5. The second-order valence-corrected chi connectivity index (χ2v) is 6.95. The molecule has 2 atom stereocenters. The van der Waals surface area contributed by atoms with Crippen LogP contribution in [0.15, 0.2) is 36.4 Å². The highest BCUT2D eigenvalue weighted by molar-refractivity contribution is 5.98. The Morgan fingerprint density at radius 1 is 1.27 bits per heavy atom. The lowest BCUT2D eigenvalue weighted by atomic mass is 9.86. The van der Waals surface area contributed by atoms with E-state index in [1.54, 1.807) is 11.9 Å². The molecule has 0 fully saturated rings. The van der Waals surface area contributed by atoms with E-state index < -0.39 is 5.82 Å². The maximum absolute atomic E-state index is 14.0. The highest BCUT2D eigenvalue weighted by atomic mass is 19.1. The number of nitrogens with one attached hydrogen (secondary N) is 2. The van der Waals surface area contributed by atoms with E-state index in [2.05, 4.69) is 10.6 Å². The Morgan fingerprint density at radius 2 is 2.04 bits per heavy atom. The van der Waals surface area contributed by atoms with Crippen LogP contribution in [0.3, 0.4) is 0 Å². The predicted octanol–water partition coefficient (Wildman–Crippen LogP) is 2.80. The topological polar surface area (TPSA) is 61.4 Å². The number of benzene rings is 2. The highest BCUT2D eigenvalue weighted by Crippen LogP contribution is 2.48. The van der Waals surface area contributed by atoms with Crippen LogP contribution in [0.5, 0.6) is 0 Å². The van der Waals surface area contributed by atoms with Gasteiger partial charge in [0.05, 0.1) is 6.04 Å². The van der Waals surface area contributed by atoms with Crippen molar-refractivity contribution in [3.63, 3.8) is 0 Å². The van der Waals surface area contributed by atoms with Gasteiger partial charge in [-0.2, -0.15) is 0 Å². The van der Waals surface area contributed by atoms with Crippen LogP contribution in [0.25, 0.3) is 0 Å². The molecule has 2 aromatic rings. The fourth-order valence-corrected chi connectivity index (χ4v) is 3.98. The third-order valence-electron chi connectivity index (χ3n) is 5.17. The minimum absolute atomic E-state index is 0.00361. The normalized spacial score (nSPS) is 20.6. The molecule has 0 saturated heterocycles. The number of halogens is 1. The number of hydrogen-bond donors (Lipinski definition) is 2. The molecule has 0 bridgehead atoms. The molecular weight excluding hydrogens is 333 g/mol. The van der Waals surface area contributed by atoms with Crippen LogP contribution in [0.1, 0.15) is 45.4 Å². The number of amides is 2. The molecule has 0 radical (unpaired) electrons. The summed E-state index contributed by atoms with van der Waals surface area (Å²) in [4.78, 5) is 24.6. The lowest BCUT2D eigenvalue weighted by Gasteiger charge is -2.21. The van der Waals surface area contributed by atoms with E-state index in [1.807, 2.05) is 24.3 Å². The average molecular weight is 353 g/mol. The van der Waals surface area contributed by atoms with E-state index in [1.165, 1.54) is 12.1 Å². The average Bonchev–Trinajstić information content (AvgIpc) is 2.90.